The van der Waals surface area contributed by atoms with Gasteiger partial charge in [0.25, 0.3) is 11.8 Å². The van der Waals surface area contributed by atoms with Crippen LogP contribution in [0.1, 0.15) is 17.5 Å². The lowest BCUT2D eigenvalue weighted by molar-refractivity contribution is -0.140. The fourth-order valence-electron chi connectivity index (χ4n) is 5.58. The highest BCUT2D eigenvalue weighted by molar-refractivity contribution is 6.30. The van der Waals surface area contributed by atoms with Crippen LogP contribution in [0.5, 0.6) is 5.75 Å². The molecule has 156 valence electrons. The molecule has 4 aliphatic carbocycles. The lowest BCUT2D eigenvalue weighted by Gasteiger charge is -2.37. The first kappa shape index (κ1) is 18.8. The number of carbonyl (C=O) groups is 2. The van der Waals surface area contributed by atoms with Crippen molar-refractivity contribution in [3.8, 4) is 5.75 Å². The Morgan fingerprint density at radius 1 is 0.935 bits per heavy atom. The van der Waals surface area contributed by atoms with E-state index in [1.54, 1.807) is 6.21 Å². The Balaban J connectivity index is 1.12. The molecule has 5 nitrogen and oxygen atoms in total. The third kappa shape index (κ3) is 3.10. The number of imide groups is 1. The van der Waals surface area contributed by atoms with Crippen LogP contribution < -0.4 is 4.74 Å². The van der Waals surface area contributed by atoms with Crippen molar-refractivity contribution in [2.75, 3.05) is 0 Å². The van der Waals surface area contributed by atoms with Gasteiger partial charge in [-0.1, -0.05) is 35.9 Å². The minimum atomic E-state index is -0.216. The van der Waals surface area contributed by atoms with Crippen molar-refractivity contribution in [1.82, 2.24) is 5.01 Å². The van der Waals surface area contributed by atoms with Crippen LogP contribution in [-0.2, 0) is 16.2 Å². The molecule has 31 heavy (non-hydrogen) atoms. The van der Waals surface area contributed by atoms with E-state index >= 15 is 0 Å². The van der Waals surface area contributed by atoms with Gasteiger partial charge in [-0.3, -0.25) is 9.59 Å². The van der Waals surface area contributed by atoms with Gasteiger partial charge in [0.1, 0.15) is 12.4 Å². The van der Waals surface area contributed by atoms with Crippen LogP contribution >= 0.6 is 11.6 Å². The number of halogens is 1. The molecule has 2 bridgehead atoms. The Bertz CT molecular complexity index is 1070. The van der Waals surface area contributed by atoms with Crippen molar-refractivity contribution in [2.24, 2.45) is 40.6 Å². The van der Waals surface area contributed by atoms with Gasteiger partial charge < -0.3 is 4.74 Å². The molecule has 3 fully saturated rings. The summed E-state index contributed by atoms with van der Waals surface area (Å²) in [6, 6.07) is 14.9. The molecule has 2 amide bonds. The molecule has 2 aromatic carbocycles. The van der Waals surface area contributed by atoms with Crippen LogP contribution in [0.25, 0.3) is 0 Å². The normalized spacial score (nSPS) is 32.5. The Kier molecular flexibility index (Phi) is 4.29. The van der Waals surface area contributed by atoms with Crippen molar-refractivity contribution in [2.45, 2.75) is 13.0 Å². The second-order valence-electron chi connectivity index (χ2n) is 8.87. The zero-order chi connectivity index (χ0) is 21.1. The summed E-state index contributed by atoms with van der Waals surface area (Å²) in [5.74, 6) is 1.64. The highest BCUT2D eigenvalue weighted by Crippen LogP contribution is 2.65. The van der Waals surface area contributed by atoms with Crippen molar-refractivity contribution in [3.05, 3.63) is 76.8 Å². The summed E-state index contributed by atoms with van der Waals surface area (Å²) in [5, 5.41) is 6.08. The van der Waals surface area contributed by atoms with Gasteiger partial charge in [0.2, 0.25) is 0 Å². The van der Waals surface area contributed by atoms with E-state index in [0.29, 0.717) is 23.5 Å². The molecule has 1 aliphatic heterocycles. The quantitative estimate of drug-likeness (QED) is 0.402. The number of hydrogen-bond donors (Lipinski definition) is 0. The predicted octanol–water partition coefficient (Wildman–Crippen LogP) is 4.31. The zero-order valence-corrected chi connectivity index (χ0v) is 17.5. The number of allylic oxidation sites excluding steroid dienone is 2. The lowest BCUT2D eigenvalue weighted by Crippen LogP contribution is -2.40. The Hall–Kier alpha value is -2.92. The highest BCUT2D eigenvalue weighted by atomic mass is 35.5. The van der Waals surface area contributed by atoms with Crippen molar-refractivity contribution in [3.63, 3.8) is 0 Å². The molecule has 2 saturated carbocycles. The van der Waals surface area contributed by atoms with Crippen LogP contribution in [-0.4, -0.2) is 23.0 Å². The summed E-state index contributed by atoms with van der Waals surface area (Å²) in [6.07, 6.45) is 7.07. The van der Waals surface area contributed by atoms with E-state index in [1.165, 1.54) is 0 Å². The molecule has 0 N–H and O–H groups in total. The standard InChI is InChI=1S/C25H21ClN2O3/c26-16-5-1-15(2-6-16)13-31-17-7-3-14(4-8-17)12-27-28-24(29)22-18-9-10-19(21-11-20(18)21)23(22)25(28)30/h1-10,12,18-23H,11,13H2/b27-12-/t18-,19-,20-,21+,22+,23+/m0/s1. The Labute approximate surface area is 185 Å². The van der Waals surface area contributed by atoms with Gasteiger partial charge in [-0.25, -0.2) is 0 Å². The number of hydrazone groups is 1. The van der Waals surface area contributed by atoms with Crippen molar-refractivity contribution < 1.29 is 14.3 Å². The fraction of sp³-hybridized carbons (Fsp3) is 0.320. The summed E-state index contributed by atoms with van der Waals surface area (Å²) in [6.45, 7) is 0.447. The van der Waals surface area contributed by atoms with E-state index in [2.05, 4.69) is 17.3 Å². The first-order valence-corrected chi connectivity index (χ1v) is 11.1. The van der Waals surface area contributed by atoms with Gasteiger partial charge in [-0.05, 0) is 77.6 Å². The zero-order valence-electron chi connectivity index (χ0n) is 16.7. The predicted molar refractivity (Wildman–Crippen MR) is 116 cm³/mol. The monoisotopic (exact) mass is 432 g/mol. The first-order chi connectivity index (χ1) is 15.1. The Morgan fingerprint density at radius 2 is 1.55 bits per heavy atom. The topological polar surface area (TPSA) is 59.0 Å². The number of amides is 2. The van der Waals surface area contributed by atoms with E-state index in [4.69, 9.17) is 16.3 Å². The smallest absolute Gasteiger partial charge is 0.254 e. The van der Waals surface area contributed by atoms with Gasteiger partial charge in [-0.15, -0.1) is 0 Å². The molecule has 0 aromatic heterocycles. The third-order valence-electron chi connectivity index (χ3n) is 7.16. The first-order valence-electron chi connectivity index (χ1n) is 10.7. The molecule has 1 saturated heterocycles. The maximum atomic E-state index is 12.9. The summed E-state index contributed by atoms with van der Waals surface area (Å²) < 4.78 is 5.79. The fourth-order valence-corrected chi connectivity index (χ4v) is 5.70. The second kappa shape index (κ2) is 7.06. The molecule has 0 radical (unpaired) electrons. The molecular formula is C25H21ClN2O3. The van der Waals surface area contributed by atoms with E-state index in [-0.39, 0.29) is 35.5 Å². The van der Waals surface area contributed by atoms with Crippen LogP contribution in [0.2, 0.25) is 5.02 Å². The largest absolute Gasteiger partial charge is 0.489 e. The molecule has 1 heterocycles. The number of benzene rings is 2. The van der Waals surface area contributed by atoms with Gasteiger partial charge in [0, 0.05) is 5.02 Å². The third-order valence-corrected chi connectivity index (χ3v) is 7.41. The van der Waals surface area contributed by atoms with Crippen molar-refractivity contribution in [1.29, 1.82) is 0 Å². The second-order valence-corrected chi connectivity index (χ2v) is 9.31. The number of ether oxygens (including phenoxy) is 1. The van der Waals surface area contributed by atoms with Crippen LogP contribution in [0.3, 0.4) is 0 Å². The SMILES string of the molecule is O=C1[C@@H]2[C@H]3C=C[C@@H]([C@@H]4C[C@H]34)[C@H]2C(=O)N1/N=C\c1ccc(OCc2ccc(Cl)cc2)cc1. The minimum Gasteiger partial charge on any atom is -0.489 e. The molecule has 0 unspecified atom stereocenters. The molecule has 6 heteroatoms. The van der Waals surface area contributed by atoms with Gasteiger partial charge >= 0.3 is 0 Å². The van der Waals surface area contributed by atoms with Crippen LogP contribution in [0.4, 0.5) is 0 Å². The summed E-state index contributed by atoms with van der Waals surface area (Å²) in [4.78, 5) is 25.9. The maximum absolute atomic E-state index is 12.9. The molecule has 5 aliphatic rings. The average Bonchev–Trinajstić information content (AvgIpc) is 3.57. The number of nitrogens with zero attached hydrogens (tertiary/aromatic N) is 2. The van der Waals surface area contributed by atoms with E-state index < -0.39 is 0 Å². The lowest BCUT2D eigenvalue weighted by atomic mass is 9.63. The van der Waals surface area contributed by atoms with Gasteiger partial charge in [-0.2, -0.15) is 10.1 Å². The summed E-state index contributed by atoms with van der Waals surface area (Å²) >= 11 is 5.90. The van der Waals surface area contributed by atoms with Gasteiger partial charge in [0.05, 0.1) is 18.1 Å². The van der Waals surface area contributed by atoms with E-state index in [9.17, 15) is 9.59 Å². The molecule has 2 aromatic rings. The number of hydrogen-bond acceptors (Lipinski definition) is 4. The van der Waals surface area contributed by atoms with Crippen LogP contribution in [0.15, 0.2) is 65.8 Å². The van der Waals surface area contributed by atoms with Crippen LogP contribution in [0, 0.1) is 35.5 Å². The average molecular weight is 433 g/mol. The molecule has 0 spiro atoms. The van der Waals surface area contributed by atoms with Gasteiger partial charge in [0.15, 0.2) is 0 Å². The molecular weight excluding hydrogens is 412 g/mol. The minimum absolute atomic E-state index is 0.140. The number of rotatable bonds is 5. The molecule has 7 rings (SSSR count). The van der Waals surface area contributed by atoms with E-state index in [0.717, 1.165) is 28.3 Å². The van der Waals surface area contributed by atoms with E-state index in [1.807, 2.05) is 48.5 Å². The maximum Gasteiger partial charge on any atom is 0.254 e. The highest BCUT2D eigenvalue weighted by Gasteiger charge is 2.67. The summed E-state index contributed by atoms with van der Waals surface area (Å²) in [7, 11) is 0. The Morgan fingerprint density at radius 3 is 2.16 bits per heavy atom. The summed E-state index contributed by atoms with van der Waals surface area (Å²) in [5.41, 5.74) is 1.84. The van der Waals surface area contributed by atoms with Crippen molar-refractivity contribution >= 4 is 29.6 Å². The number of carbonyl (C=O) groups excluding carboxylic acids is 2. The molecule has 6 atom stereocenters.